The average molecular weight is 346 g/mol. The van der Waals surface area contributed by atoms with Gasteiger partial charge in [0.25, 0.3) is 0 Å². The van der Waals surface area contributed by atoms with Crippen molar-refractivity contribution in [2.75, 3.05) is 13.0 Å². The van der Waals surface area contributed by atoms with Crippen molar-refractivity contribution in [1.29, 1.82) is 0 Å². The molecule has 0 aromatic heterocycles. The SMILES string of the molecule is CC.COC(CCCl)C(=O)NC(C)(C=O)CCC1C=CCCC1. The normalized spacial score (nSPS) is 20.7. The van der Waals surface area contributed by atoms with Crippen LogP contribution in [0.3, 0.4) is 0 Å². The van der Waals surface area contributed by atoms with Crippen molar-refractivity contribution in [3.05, 3.63) is 12.2 Å². The summed E-state index contributed by atoms with van der Waals surface area (Å²) >= 11 is 5.65. The van der Waals surface area contributed by atoms with Crippen LogP contribution in [0.1, 0.15) is 59.3 Å². The molecule has 1 aliphatic carbocycles. The summed E-state index contributed by atoms with van der Waals surface area (Å²) in [7, 11) is 1.47. The molecule has 0 saturated carbocycles. The summed E-state index contributed by atoms with van der Waals surface area (Å²) in [5.41, 5.74) is -0.842. The smallest absolute Gasteiger partial charge is 0.249 e. The van der Waals surface area contributed by atoms with Crippen molar-refractivity contribution >= 4 is 23.8 Å². The zero-order chi connectivity index (χ0) is 17.7. The minimum Gasteiger partial charge on any atom is -0.372 e. The Morgan fingerprint density at radius 1 is 1.52 bits per heavy atom. The van der Waals surface area contributed by atoms with Crippen LogP contribution < -0.4 is 5.32 Å². The van der Waals surface area contributed by atoms with Gasteiger partial charge in [-0.15, -0.1) is 11.6 Å². The molecule has 1 amide bonds. The standard InChI is InChI=1S/C16H26ClNO3.C2H6/c1-16(12-19,10-8-13-6-4-3-5-7-13)18-15(20)14(21-2)9-11-17;1-2/h4,6,12-14H,3,5,7-11H2,1-2H3,(H,18,20);1-2H3. The van der Waals surface area contributed by atoms with E-state index in [0.717, 1.165) is 25.5 Å². The van der Waals surface area contributed by atoms with Crippen molar-refractivity contribution < 1.29 is 14.3 Å². The fourth-order valence-electron chi connectivity index (χ4n) is 2.58. The number of allylic oxidation sites excluding steroid dienone is 2. The summed E-state index contributed by atoms with van der Waals surface area (Å²) in [5, 5.41) is 2.80. The molecule has 0 aromatic rings. The molecule has 5 heteroatoms. The van der Waals surface area contributed by atoms with Crippen LogP contribution in [-0.4, -0.2) is 36.8 Å². The molecule has 0 saturated heterocycles. The van der Waals surface area contributed by atoms with Gasteiger partial charge in [-0.05, 0) is 51.4 Å². The monoisotopic (exact) mass is 345 g/mol. The number of methoxy groups -OCH3 is 1. The van der Waals surface area contributed by atoms with Crippen LogP contribution in [0, 0.1) is 5.92 Å². The van der Waals surface area contributed by atoms with E-state index >= 15 is 0 Å². The van der Waals surface area contributed by atoms with Gasteiger partial charge in [0, 0.05) is 13.0 Å². The van der Waals surface area contributed by atoms with Gasteiger partial charge in [-0.1, -0.05) is 26.0 Å². The lowest BCUT2D eigenvalue weighted by Gasteiger charge is -2.28. The van der Waals surface area contributed by atoms with E-state index in [4.69, 9.17) is 16.3 Å². The third kappa shape index (κ3) is 8.52. The van der Waals surface area contributed by atoms with E-state index in [1.165, 1.54) is 13.5 Å². The van der Waals surface area contributed by atoms with Gasteiger partial charge < -0.3 is 14.8 Å². The van der Waals surface area contributed by atoms with Crippen molar-refractivity contribution in [2.45, 2.75) is 70.9 Å². The highest BCUT2D eigenvalue weighted by Gasteiger charge is 2.29. The molecule has 0 fully saturated rings. The van der Waals surface area contributed by atoms with Gasteiger partial charge in [0.05, 0.1) is 5.54 Å². The van der Waals surface area contributed by atoms with Crippen LogP contribution in [0.4, 0.5) is 0 Å². The molecule has 0 bridgehead atoms. The predicted octanol–water partition coefficient (Wildman–Crippen LogP) is 3.87. The highest BCUT2D eigenvalue weighted by atomic mass is 35.5. The maximum atomic E-state index is 12.1. The Morgan fingerprint density at radius 2 is 2.22 bits per heavy atom. The fraction of sp³-hybridized carbons (Fsp3) is 0.778. The number of hydrogen-bond acceptors (Lipinski definition) is 3. The second-order valence-electron chi connectivity index (χ2n) is 5.88. The Balaban J connectivity index is 0.00000232. The maximum Gasteiger partial charge on any atom is 0.249 e. The molecule has 1 N–H and O–H groups in total. The van der Waals surface area contributed by atoms with Crippen molar-refractivity contribution in [1.82, 2.24) is 5.32 Å². The molecule has 0 aromatic carbocycles. The third-order valence-corrected chi connectivity index (χ3v) is 4.22. The Morgan fingerprint density at radius 3 is 2.70 bits per heavy atom. The van der Waals surface area contributed by atoms with Gasteiger partial charge in [-0.2, -0.15) is 0 Å². The number of carbonyl (C=O) groups is 2. The van der Waals surface area contributed by atoms with E-state index in [-0.39, 0.29) is 5.91 Å². The molecule has 0 aliphatic heterocycles. The molecule has 3 atom stereocenters. The number of carbonyl (C=O) groups excluding carboxylic acids is 2. The topological polar surface area (TPSA) is 55.4 Å². The second kappa shape index (κ2) is 12.5. The number of halogens is 1. The first-order chi connectivity index (χ1) is 11.0. The summed E-state index contributed by atoms with van der Waals surface area (Å²) < 4.78 is 5.11. The summed E-state index contributed by atoms with van der Waals surface area (Å²) in [6.07, 6.45) is 10.1. The predicted molar refractivity (Wildman–Crippen MR) is 95.8 cm³/mol. The Kier molecular flexibility index (Phi) is 12.1. The van der Waals surface area contributed by atoms with E-state index in [1.807, 2.05) is 13.8 Å². The number of alkyl halides is 1. The Bertz CT molecular complexity index is 373. The number of aldehydes is 1. The zero-order valence-corrected chi connectivity index (χ0v) is 15.7. The first kappa shape index (κ1) is 22.1. The van der Waals surface area contributed by atoms with Gasteiger partial charge >= 0.3 is 0 Å². The van der Waals surface area contributed by atoms with Crippen molar-refractivity contribution in [2.24, 2.45) is 5.92 Å². The summed E-state index contributed by atoms with van der Waals surface area (Å²) in [5.74, 6) is 0.583. The van der Waals surface area contributed by atoms with Gasteiger partial charge in [-0.25, -0.2) is 0 Å². The van der Waals surface area contributed by atoms with Gasteiger partial charge in [0.15, 0.2) is 0 Å². The van der Waals surface area contributed by atoms with Gasteiger partial charge in [0.2, 0.25) is 5.91 Å². The molecule has 23 heavy (non-hydrogen) atoms. The molecule has 0 radical (unpaired) electrons. The molecular weight excluding hydrogens is 314 g/mol. The average Bonchev–Trinajstić information content (AvgIpc) is 2.60. The van der Waals surface area contributed by atoms with Crippen molar-refractivity contribution in [3.63, 3.8) is 0 Å². The second-order valence-corrected chi connectivity index (χ2v) is 6.26. The van der Waals surface area contributed by atoms with E-state index in [1.54, 1.807) is 6.92 Å². The molecule has 3 unspecified atom stereocenters. The Labute approximate surface area is 146 Å². The highest BCUT2D eigenvalue weighted by molar-refractivity contribution is 6.18. The lowest BCUT2D eigenvalue weighted by atomic mass is 9.86. The summed E-state index contributed by atoms with van der Waals surface area (Å²) in [6.45, 7) is 5.76. The van der Waals surface area contributed by atoms with Crippen LogP contribution in [0.2, 0.25) is 0 Å². The van der Waals surface area contributed by atoms with Crippen LogP contribution in [0.15, 0.2) is 12.2 Å². The fourth-order valence-corrected chi connectivity index (χ4v) is 2.77. The first-order valence-corrected chi connectivity index (χ1v) is 9.12. The van der Waals surface area contributed by atoms with Crippen LogP contribution >= 0.6 is 11.6 Å². The molecule has 1 rings (SSSR count). The molecule has 134 valence electrons. The lowest BCUT2D eigenvalue weighted by Crippen LogP contribution is -2.51. The maximum absolute atomic E-state index is 12.1. The molecule has 0 heterocycles. The van der Waals surface area contributed by atoms with Gasteiger partial charge in [0.1, 0.15) is 12.4 Å². The number of ether oxygens (including phenoxy) is 1. The minimum atomic E-state index is -0.842. The minimum absolute atomic E-state index is 0.271. The van der Waals surface area contributed by atoms with E-state index in [9.17, 15) is 9.59 Å². The van der Waals surface area contributed by atoms with E-state index in [0.29, 0.717) is 24.6 Å². The Hall–Kier alpha value is -0.870. The molecule has 0 spiro atoms. The lowest BCUT2D eigenvalue weighted by molar-refractivity contribution is -0.135. The van der Waals surface area contributed by atoms with Crippen LogP contribution in [-0.2, 0) is 14.3 Å². The quantitative estimate of drug-likeness (QED) is 0.392. The number of nitrogens with one attached hydrogen (secondary N) is 1. The first-order valence-electron chi connectivity index (χ1n) is 8.58. The highest BCUT2D eigenvalue weighted by Crippen LogP contribution is 2.24. The summed E-state index contributed by atoms with van der Waals surface area (Å²) in [4.78, 5) is 23.5. The van der Waals surface area contributed by atoms with Crippen molar-refractivity contribution in [3.8, 4) is 0 Å². The van der Waals surface area contributed by atoms with E-state index < -0.39 is 11.6 Å². The van der Waals surface area contributed by atoms with E-state index in [2.05, 4.69) is 17.5 Å². The molecule has 1 aliphatic rings. The van der Waals surface area contributed by atoms with Crippen LogP contribution in [0.5, 0.6) is 0 Å². The number of hydrogen-bond donors (Lipinski definition) is 1. The molecular formula is C18H32ClNO3. The zero-order valence-electron chi connectivity index (χ0n) is 14.9. The third-order valence-electron chi connectivity index (χ3n) is 4.01. The largest absolute Gasteiger partial charge is 0.372 e. The molecule has 4 nitrogen and oxygen atoms in total. The number of rotatable bonds is 9. The summed E-state index contributed by atoms with van der Waals surface area (Å²) in [6, 6.07) is 0. The van der Waals surface area contributed by atoms with Gasteiger partial charge in [-0.3, -0.25) is 4.79 Å². The number of amides is 1. The van der Waals surface area contributed by atoms with Crippen LogP contribution in [0.25, 0.3) is 0 Å².